The third-order valence-electron chi connectivity index (χ3n) is 7.72. The smallest absolute Gasteiger partial charge is 0.258 e. The van der Waals surface area contributed by atoms with Crippen LogP contribution in [0.4, 0.5) is 0 Å². The number of imidazole rings is 1. The molecule has 3 aromatic carbocycles. The predicted molar refractivity (Wildman–Crippen MR) is 154 cm³/mol. The van der Waals surface area contributed by atoms with Gasteiger partial charge >= 0.3 is 0 Å². The number of benzene rings is 3. The molecule has 1 aliphatic rings. The van der Waals surface area contributed by atoms with Crippen LogP contribution in [0.25, 0.3) is 5.78 Å². The SMILES string of the molecule is COc1ccc(C(OC[C@H]2O[C@@H](n3ccc(=O)n4ccnc34)[C@H](O)[C@@H]2O)(c2ccccc2)c2ccc(OC)cc2)cc1. The molecule has 1 aliphatic heterocycles. The Bertz CT molecular complexity index is 1650. The second kappa shape index (κ2) is 11.4. The molecule has 216 valence electrons. The molecule has 10 heteroatoms. The van der Waals surface area contributed by atoms with Gasteiger partial charge in [-0.05, 0) is 41.0 Å². The average molecular weight is 570 g/mol. The molecule has 2 N–H and O–H groups in total. The van der Waals surface area contributed by atoms with Crippen LogP contribution >= 0.6 is 0 Å². The average Bonchev–Trinajstić information content (AvgIpc) is 3.65. The zero-order valence-electron chi connectivity index (χ0n) is 23.1. The Balaban J connectivity index is 1.40. The molecule has 0 spiro atoms. The monoisotopic (exact) mass is 569 g/mol. The molecule has 0 amide bonds. The van der Waals surface area contributed by atoms with Gasteiger partial charge in [-0.1, -0.05) is 54.6 Å². The summed E-state index contributed by atoms with van der Waals surface area (Å²) < 4.78 is 26.8. The fourth-order valence-corrected chi connectivity index (χ4v) is 5.53. The van der Waals surface area contributed by atoms with Gasteiger partial charge in [0.25, 0.3) is 5.56 Å². The number of rotatable bonds is 9. The summed E-state index contributed by atoms with van der Waals surface area (Å²) in [6.07, 6.45) is 0.0522. The van der Waals surface area contributed by atoms with Gasteiger partial charge in [-0.2, -0.15) is 0 Å². The first-order valence-electron chi connectivity index (χ1n) is 13.5. The number of hydrogen-bond donors (Lipinski definition) is 2. The summed E-state index contributed by atoms with van der Waals surface area (Å²) in [5.74, 6) is 1.68. The quantitative estimate of drug-likeness (QED) is 0.260. The molecule has 0 saturated carbocycles. The largest absolute Gasteiger partial charge is 0.497 e. The van der Waals surface area contributed by atoms with Crippen molar-refractivity contribution < 1.29 is 29.2 Å². The minimum Gasteiger partial charge on any atom is -0.497 e. The van der Waals surface area contributed by atoms with Crippen molar-refractivity contribution in [1.82, 2.24) is 14.0 Å². The molecule has 42 heavy (non-hydrogen) atoms. The number of hydrogen-bond acceptors (Lipinski definition) is 8. The molecule has 10 nitrogen and oxygen atoms in total. The van der Waals surface area contributed by atoms with Crippen molar-refractivity contribution in [3.05, 3.63) is 131 Å². The number of methoxy groups -OCH3 is 2. The standard InChI is InChI=1S/C32H31N3O7/c1-39-24-12-8-22(9-13-24)32(21-6-4-3-5-7-21,23-10-14-25(40-2)15-11-23)41-20-26-28(37)29(38)30(42-26)35-18-16-27(36)34-19-17-33-31(34)35/h3-19,26,28-30,37-38H,20H2,1-2H3/t26-,28-,29-,30-/m1/s1. The van der Waals surface area contributed by atoms with Gasteiger partial charge in [0, 0.05) is 24.7 Å². The van der Waals surface area contributed by atoms with Gasteiger partial charge in [-0.25, -0.2) is 4.98 Å². The zero-order valence-corrected chi connectivity index (χ0v) is 23.1. The first-order chi connectivity index (χ1) is 20.5. The highest BCUT2D eigenvalue weighted by atomic mass is 16.6. The molecule has 0 unspecified atom stereocenters. The molecule has 0 bridgehead atoms. The third-order valence-corrected chi connectivity index (χ3v) is 7.72. The second-order valence-electron chi connectivity index (χ2n) is 10.0. The van der Waals surface area contributed by atoms with E-state index in [0.717, 1.165) is 16.7 Å². The van der Waals surface area contributed by atoms with Gasteiger partial charge in [0.1, 0.15) is 35.4 Å². The van der Waals surface area contributed by atoms with Gasteiger partial charge in [-0.3, -0.25) is 13.8 Å². The summed E-state index contributed by atoms with van der Waals surface area (Å²) in [5.41, 5.74) is 1.11. The molecule has 3 heterocycles. The molecule has 5 aromatic rings. The highest BCUT2D eigenvalue weighted by molar-refractivity contribution is 5.49. The minimum absolute atomic E-state index is 0.0768. The highest BCUT2D eigenvalue weighted by Crippen LogP contribution is 2.43. The van der Waals surface area contributed by atoms with Crippen LogP contribution in [-0.2, 0) is 15.1 Å². The third kappa shape index (κ3) is 4.74. The van der Waals surface area contributed by atoms with Crippen LogP contribution < -0.4 is 15.0 Å². The van der Waals surface area contributed by atoms with Crippen LogP contribution in [0.3, 0.4) is 0 Å². The maximum atomic E-state index is 12.2. The summed E-state index contributed by atoms with van der Waals surface area (Å²) in [5, 5.41) is 22.2. The van der Waals surface area contributed by atoms with E-state index in [1.54, 1.807) is 14.2 Å². The maximum absolute atomic E-state index is 12.2. The predicted octanol–water partition coefficient (Wildman–Crippen LogP) is 3.14. The molecule has 6 rings (SSSR count). The van der Waals surface area contributed by atoms with Gasteiger partial charge in [0.15, 0.2) is 6.23 Å². The van der Waals surface area contributed by atoms with Crippen molar-refractivity contribution in [1.29, 1.82) is 0 Å². The van der Waals surface area contributed by atoms with Crippen molar-refractivity contribution in [2.45, 2.75) is 30.1 Å². The van der Waals surface area contributed by atoms with Crippen LogP contribution in [0.15, 0.2) is 108 Å². The Hall–Kier alpha value is -4.48. The van der Waals surface area contributed by atoms with Crippen LogP contribution in [0.2, 0.25) is 0 Å². The van der Waals surface area contributed by atoms with Crippen molar-refractivity contribution in [2.75, 3.05) is 20.8 Å². The topological polar surface area (TPSA) is 117 Å². The maximum Gasteiger partial charge on any atom is 0.258 e. The minimum atomic E-state index is -1.30. The van der Waals surface area contributed by atoms with E-state index in [0.29, 0.717) is 11.5 Å². The Labute approximate surface area is 241 Å². The van der Waals surface area contributed by atoms with E-state index in [2.05, 4.69) is 4.98 Å². The Morgan fingerprint density at radius 3 is 2.00 bits per heavy atom. The van der Waals surface area contributed by atoms with Crippen LogP contribution in [0, 0.1) is 0 Å². The first-order valence-corrected chi connectivity index (χ1v) is 13.5. The van der Waals surface area contributed by atoms with Crippen LogP contribution in [0.5, 0.6) is 11.5 Å². The lowest BCUT2D eigenvalue weighted by molar-refractivity contribution is -0.0944. The molecular weight excluding hydrogens is 538 g/mol. The van der Waals surface area contributed by atoms with Gasteiger partial charge in [0.2, 0.25) is 5.78 Å². The molecule has 1 saturated heterocycles. The zero-order chi connectivity index (χ0) is 29.3. The second-order valence-corrected chi connectivity index (χ2v) is 10.0. The van der Waals surface area contributed by atoms with E-state index in [9.17, 15) is 15.0 Å². The Kier molecular flexibility index (Phi) is 7.53. The van der Waals surface area contributed by atoms with Crippen molar-refractivity contribution in [3.63, 3.8) is 0 Å². The number of fused-ring (bicyclic) bond motifs is 1. The summed E-state index contributed by atoms with van der Waals surface area (Å²) >= 11 is 0. The lowest BCUT2D eigenvalue weighted by Gasteiger charge is -2.37. The molecule has 4 atom stereocenters. The summed E-state index contributed by atoms with van der Waals surface area (Å²) in [6, 6.07) is 26.4. The fraction of sp³-hybridized carbons (Fsp3) is 0.250. The van der Waals surface area contributed by atoms with Crippen LogP contribution in [-0.4, -0.2) is 63.3 Å². The van der Waals surface area contributed by atoms with Crippen LogP contribution in [0.1, 0.15) is 22.9 Å². The summed E-state index contributed by atoms with van der Waals surface area (Å²) in [6.45, 7) is -0.0768. The number of nitrogens with zero attached hydrogens (tertiary/aromatic N) is 3. The first kappa shape index (κ1) is 27.7. The molecule has 0 radical (unpaired) electrons. The van der Waals surface area contributed by atoms with E-state index >= 15 is 0 Å². The molecular formula is C32H31N3O7. The lowest BCUT2D eigenvalue weighted by Crippen LogP contribution is -2.39. The van der Waals surface area contributed by atoms with E-state index in [1.807, 2.05) is 78.9 Å². The van der Waals surface area contributed by atoms with Gasteiger partial charge in [-0.15, -0.1) is 0 Å². The highest BCUT2D eigenvalue weighted by Gasteiger charge is 2.46. The Morgan fingerprint density at radius 2 is 1.40 bits per heavy atom. The number of aromatic nitrogens is 3. The Morgan fingerprint density at radius 1 is 0.810 bits per heavy atom. The molecule has 2 aromatic heterocycles. The summed E-state index contributed by atoms with van der Waals surface area (Å²) in [7, 11) is 3.22. The van der Waals surface area contributed by atoms with E-state index in [4.69, 9.17) is 18.9 Å². The van der Waals surface area contributed by atoms with Gasteiger partial charge in [0.05, 0.1) is 20.8 Å². The van der Waals surface area contributed by atoms with E-state index in [1.165, 1.54) is 33.6 Å². The molecule has 0 aliphatic carbocycles. The van der Waals surface area contributed by atoms with E-state index in [-0.39, 0.29) is 17.9 Å². The van der Waals surface area contributed by atoms with E-state index < -0.39 is 30.1 Å². The lowest BCUT2D eigenvalue weighted by atomic mass is 9.80. The summed E-state index contributed by atoms with van der Waals surface area (Å²) in [4.78, 5) is 16.5. The van der Waals surface area contributed by atoms with Crippen molar-refractivity contribution >= 4 is 5.78 Å². The number of aliphatic hydroxyl groups excluding tert-OH is 2. The normalized spacial score (nSPS) is 20.6. The van der Waals surface area contributed by atoms with Crippen molar-refractivity contribution in [2.24, 2.45) is 0 Å². The van der Waals surface area contributed by atoms with Gasteiger partial charge < -0.3 is 29.2 Å². The fourth-order valence-electron chi connectivity index (χ4n) is 5.53. The number of aliphatic hydroxyl groups is 2. The molecule has 1 fully saturated rings. The number of ether oxygens (including phenoxy) is 4. The van der Waals surface area contributed by atoms with Crippen molar-refractivity contribution in [3.8, 4) is 11.5 Å².